The number of carbonyl (C=O) groups excluding carboxylic acids is 2. The van der Waals surface area contributed by atoms with E-state index in [0.717, 1.165) is 6.54 Å². The number of carbonyl (C=O) groups is 2. The van der Waals surface area contributed by atoms with Gasteiger partial charge in [0.05, 0.1) is 11.8 Å². The zero-order valence-electron chi connectivity index (χ0n) is 12.8. The zero-order valence-corrected chi connectivity index (χ0v) is 12.8. The van der Waals surface area contributed by atoms with Crippen molar-refractivity contribution in [3.8, 4) is 0 Å². The van der Waals surface area contributed by atoms with Crippen LogP contribution in [0.1, 0.15) is 19.4 Å². The second-order valence-electron chi connectivity index (χ2n) is 6.52. The first-order valence-electron chi connectivity index (χ1n) is 7.60. The van der Waals surface area contributed by atoms with E-state index >= 15 is 0 Å². The predicted octanol–water partition coefficient (Wildman–Crippen LogP) is 1.76. The monoisotopic (exact) mass is 286 g/mol. The molecule has 0 N–H and O–H groups in total. The van der Waals surface area contributed by atoms with E-state index in [1.165, 1.54) is 10.5 Å². The van der Waals surface area contributed by atoms with Crippen LogP contribution in [0.5, 0.6) is 0 Å². The van der Waals surface area contributed by atoms with Gasteiger partial charge in [-0.05, 0) is 11.5 Å². The van der Waals surface area contributed by atoms with Gasteiger partial charge in [-0.1, -0.05) is 44.2 Å². The van der Waals surface area contributed by atoms with Crippen LogP contribution in [0.4, 0.5) is 0 Å². The first kappa shape index (κ1) is 14.3. The van der Waals surface area contributed by atoms with E-state index < -0.39 is 0 Å². The van der Waals surface area contributed by atoms with Crippen molar-refractivity contribution < 1.29 is 9.59 Å². The minimum Gasteiger partial charge on any atom is -0.294 e. The van der Waals surface area contributed by atoms with Gasteiger partial charge >= 0.3 is 0 Å². The molecule has 2 aliphatic heterocycles. The standard InChI is InChI=1S/C17H22N2O2/c1-11(2)15-14-13(16(20)18(3)17(14)21)10-19(15)9-12-7-5-4-6-8-12/h4-8,11,13-15H,9-10H2,1-3H3/t13-,14+,15+/m0/s1. The summed E-state index contributed by atoms with van der Waals surface area (Å²) in [6.07, 6.45) is 0. The van der Waals surface area contributed by atoms with E-state index in [1.807, 2.05) is 18.2 Å². The van der Waals surface area contributed by atoms with Crippen molar-refractivity contribution in [2.75, 3.05) is 13.6 Å². The highest BCUT2D eigenvalue weighted by Crippen LogP contribution is 2.41. The van der Waals surface area contributed by atoms with Gasteiger partial charge in [0.1, 0.15) is 0 Å². The summed E-state index contributed by atoms with van der Waals surface area (Å²) in [5, 5.41) is 0. The van der Waals surface area contributed by atoms with Crippen LogP contribution in [0, 0.1) is 17.8 Å². The van der Waals surface area contributed by atoms with Crippen molar-refractivity contribution in [2.45, 2.75) is 26.4 Å². The summed E-state index contributed by atoms with van der Waals surface area (Å²) in [6, 6.07) is 10.4. The number of benzene rings is 1. The molecule has 2 aliphatic rings. The maximum Gasteiger partial charge on any atom is 0.234 e. The Labute approximate surface area is 125 Å². The molecule has 1 aromatic rings. The number of nitrogens with zero attached hydrogens (tertiary/aromatic N) is 2. The molecular formula is C17H22N2O2. The summed E-state index contributed by atoms with van der Waals surface area (Å²) in [7, 11) is 1.61. The number of imide groups is 1. The lowest BCUT2D eigenvalue weighted by atomic mass is 9.87. The third-order valence-electron chi connectivity index (χ3n) is 4.83. The van der Waals surface area contributed by atoms with E-state index in [0.29, 0.717) is 12.5 Å². The van der Waals surface area contributed by atoms with Gasteiger partial charge in [-0.2, -0.15) is 0 Å². The van der Waals surface area contributed by atoms with Gasteiger partial charge < -0.3 is 0 Å². The number of fused-ring (bicyclic) bond motifs is 1. The molecule has 0 radical (unpaired) electrons. The van der Waals surface area contributed by atoms with Crippen molar-refractivity contribution in [3.05, 3.63) is 35.9 Å². The van der Waals surface area contributed by atoms with Gasteiger partial charge in [0.15, 0.2) is 0 Å². The molecule has 2 fully saturated rings. The van der Waals surface area contributed by atoms with Crippen LogP contribution in [0.25, 0.3) is 0 Å². The molecule has 0 unspecified atom stereocenters. The molecule has 0 bridgehead atoms. The van der Waals surface area contributed by atoms with E-state index in [1.54, 1.807) is 7.05 Å². The molecule has 0 spiro atoms. The Hall–Kier alpha value is -1.68. The highest BCUT2D eigenvalue weighted by Gasteiger charge is 2.56. The number of hydrogen-bond donors (Lipinski definition) is 0. The van der Waals surface area contributed by atoms with Crippen molar-refractivity contribution >= 4 is 11.8 Å². The minimum atomic E-state index is -0.161. The van der Waals surface area contributed by atoms with E-state index in [4.69, 9.17) is 0 Å². The first-order chi connectivity index (χ1) is 10.0. The summed E-state index contributed by atoms with van der Waals surface area (Å²) < 4.78 is 0. The topological polar surface area (TPSA) is 40.6 Å². The van der Waals surface area contributed by atoms with Gasteiger partial charge in [0, 0.05) is 26.2 Å². The summed E-state index contributed by atoms with van der Waals surface area (Å²) in [4.78, 5) is 28.3. The Morgan fingerprint density at radius 3 is 2.43 bits per heavy atom. The molecule has 2 heterocycles. The molecule has 21 heavy (non-hydrogen) atoms. The molecular weight excluding hydrogens is 264 g/mol. The Morgan fingerprint density at radius 2 is 1.81 bits per heavy atom. The number of likely N-dealkylation sites (tertiary alicyclic amines) is 2. The van der Waals surface area contributed by atoms with Gasteiger partial charge in [-0.15, -0.1) is 0 Å². The molecule has 0 saturated carbocycles. The molecule has 3 atom stereocenters. The average Bonchev–Trinajstić information content (AvgIpc) is 2.93. The highest BCUT2D eigenvalue weighted by atomic mass is 16.2. The molecule has 112 valence electrons. The predicted molar refractivity (Wildman–Crippen MR) is 80.2 cm³/mol. The highest BCUT2D eigenvalue weighted by molar-refractivity contribution is 6.05. The van der Waals surface area contributed by atoms with Crippen LogP contribution in [0.3, 0.4) is 0 Å². The molecule has 1 aromatic carbocycles. The fourth-order valence-corrected chi connectivity index (χ4v) is 3.91. The Bertz CT molecular complexity index is 555. The Balaban J connectivity index is 1.86. The van der Waals surface area contributed by atoms with Crippen LogP contribution >= 0.6 is 0 Å². The number of rotatable bonds is 3. The third kappa shape index (κ3) is 2.27. The molecule has 0 aromatic heterocycles. The first-order valence-corrected chi connectivity index (χ1v) is 7.60. The number of hydrogen-bond acceptors (Lipinski definition) is 3. The smallest absolute Gasteiger partial charge is 0.234 e. The van der Waals surface area contributed by atoms with Crippen molar-refractivity contribution in [1.29, 1.82) is 0 Å². The van der Waals surface area contributed by atoms with Gasteiger partial charge in [0.2, 0.25) is 11.8 Å². The SMILES string of the molecule is CC(C)[C@@H]1[C@@H]2C(=O)N(C)C(=O)[C@H]2CN1Cc1ccccc1. The second kappa shape index (κ2) is 5.26. The second-order valence-corrected chi connectivity index (χ2v) is 6.52. The summed E-state index contributed by atoms with van der Waals surface area (Å²) >= 11 is 0. The van der Waals surface area contributed by atoms with Crippen molar-refractivity contribution in [3.63, 3.8) is 0 Å². The summed E-state index contributed by atoms with van der Waals surface area (Å²) in [5.41, 5.74) is 1.23. The van der Waals surface area contributed by atoms with Crippen LogP contribution < -0.4 is 0 Å². The van der Waals surface area contributed by atoms with E-state index in [-0.39, 0.29) is 29.7 Å². The maximum absolute atomic E-state index is 12.4. The van der Waals surface area contributed by atoms with Crippen molar-refractivity contribution in [1.82, 2.24) is 9.80 Å². The molecule has 2 amide bonds. The van der Waals surface area contributed by atoms with Crippen LogP contribution in [-0.2, 0) is 16.1 Å². The van der Waals surface area contributed by atoms with Gasteiger partial charge in [0.25, 0.3) is 0 Å². The molecule has 2 saturated heterocycles. The lowest BCUT2D eigenvalue weighted by Gasteiger charge is -2.31. The van der Waals surface area contributed by atoms with E-state index in [9.17, 15) is 9.59 Å². The summed E-state index contributed by atoms with van der Waals surface area (Å²) in [5.74, 6) is 0.0299. The lowest BCUT2D eigenvalue weighted by molar-refractivity contribution is -0.139. The molecule has 4 nitrogen and oxygen atoms in total. The van der Waals surface area contributed by atoms with E-state index in [2.05, 4.69) is 30.9 Å². The normalized spacial score (nSPS) is 29.5. The molecule has 3 rings (SSSR count). The van der Waals surface area contributed by atoms with Crippen molar-refractivity contribution in [2.24, 2.45) is 17.8 Å². The largest absolute Gasteiger partial charge is 0.294 e. The fourth-order valence-electron chi connectivity index (χ4n) is 3.91. The summed E-state index contributed by atoms with van der Waals surface area (Å²) in [6.45, 7) is 5.78. The Kier molecular flexibility index (Phi) is 3.57. The lowest BCUT2D eigenvalue weighted by Crippen LogP contribution is -2.41. The van der Waals surface area contributed by atoms with Crippen LogP contribution in [0.15, 0.2) is 30.3 Å². The van der Waals surface area contributed by atoms with Gasteiger partial charge in [-0.3, -0.25) is 19.4 Å². The number of amides is 2. The third-order valence-corrected chi connectivity index (χ3v) is 4.83. The molecule has 0 aliphatic carbocycles. The maximum atomic E-state index is 12.4. The quantitative estimate of drug-likeness (QED) is 0.795. The van der Waals surface area contributed by atoms with Crippen LogP contribution in [-0.4, -0.2) is 41.2 Å². The zero-order chi connectivity index (χ0) is 15.1. The van der Waals surface area contributed by atoms with Crippen LogP contribution in [0.2, 0.25) is 0 Å². The average molecular weight is 286 g/mol. The van der Waals surface area contributed by atoms with Gasteiger partial charge in [-0.25, -0.2) is 0 Å². The fraction of sp³-hybridized carbons (Fsp3) is 0.529. The minimum absolute atomic E-state index is 0.000684. The molecule has 4 heteroatoms. The Morgan fingerprint density at radius 1 is 1.14 bits per heavy atom.